The number of aromatic hydroxyl groups is 1. The average Bonchev–Trinajstić information content (AvgIpc) is 2.34. The van der Waals surface area contributed by atoms with Crippen LogP contribution in [0, 0.1) is 11.8 Å². The molecule has 1 aromatic rings. The first-order valence-electron chi connectivity index (χ1n) is 6.86. The number of piperidine rings is 1. The molecule has 3 nitrogen and oxygen atoms in total. The molecule has 3 N–H and O–H groups in total. The van der Waals surface area contributed by atoms with Crippen LogP contribution in [0.1, 0.15) is 32.3 Å². The van der Waals surface area contributed by atoms with Gasteiger partial charge >= 0.3 is 0 Å². The van der Waals surface area contributed by atoms with Crippen molar-refractivity contribution >= 4 is 5.69 Å². The van der Waals surface area contributed by atoms with Gasteiger partial charge in [0, 0.05) is 17.8 Å². The lowest BCUT2D eigenvalue weighted by Gasteiger charge is -2.34. The topological polar surface area (TPSA) is 49.5 Å². The van der Waals surface area contributed by atoms with E-state index in [-0.39, 0.29) is 0 Å². The second-order valence-corrected chi connectivity index (χ2v) is 5.75. The molecule has 1 aromatic carbocycles. The van der Waals surface area contributed by atoms with Gasteiger partial charge in [-0.3, -0.25) is 4.90 Å². The van der Waals surface area contributed by atoms with Crippen molar-refractivity contribution in [3.63, 3.8) is 0 Å². The summed E-state index contributed by atoms with van der Waals surface area (Å²) in [5.74, 6) is 2.00. The summed E-state index contributed by atoms with van der Waals surface area (Å²) in [6, 6.07) is 5.30. The fourth-order valence-electron chi connectivity index (χ4n) is 2.75. The quantitative estimate of drug-likeness (QED) is 0.639. The van der Waals surface area contributed by atoms with Gasteiger partial charge in [-0.2, -0.15) is 0 Å². The van der Waals surface area contributed by atoms with Crippen LogP contribution in [0.15, 0.2) is 18.2 Å². The zero-order valence-corrected chi connectivity index (χ0v) is 11.4. The number of benzene rings is 1. The Morgan fingerprint density at radius 3 is 2.61 bits per heavy atom. The summed E-state index contributed by atoms with van der Waals surface area (Å²) >= 11 is 0. The summed E-state index contributed by atoms with van der Waals surface area (Å²) in [5.41, 5.74) is 7.43. The summed E-state index contributed by atoms with van der Waals surface area (Å²) < 4.78 is 0. The molecule has 0 spiro atoms. The van der Waals surface area contributed by atoms with Crippen molar-refractivity contribution in [3.05, 3.63) is 23.8 Å². The Labute approximate surface area is 110 Å². The standard InChI is InChI=1S/C15H24N2O/c1-11(2)12-5-7-17(8-6-12)10-13-9-14(16)3-4-15(13)18/h3-4,9,11-12,18H,5-8,10,16H2,1-2H3. The van der Waals surface area contributed by atoms with Gasteiger partial charge in [-0.1, -0.05) is 13.8 Å². The first-order valence-corrected chi connectivity index (χ1v) is 6.86. The average molecular weight is 248 g/mol. The van der Waals surface area contributed by atoms with Crippen LogP contribution < -0.4 is 5.73 Å². The van der Waals surface area contributed by atoms with Crippen LogP contribution in [0.3, 0.4) is 0 Å². The van der Waals surface area contributed by atoms with E-state index < -0.39 is 0 Å². The fourth-order valence-corrected chi connectivity index (χ4v) is 2.75. The van der Waals surface area contributed by atoms with E-state index in [4.69, 9.17) is 5.73 Å². The number of nitrogens with zero attached hydrogens (tertiary/aromatic N) is 1. The molecule has 0 aliphatic carbocycles. The summed E-state index contributed by atoms with van der Waals surface area (Å²) in [7, 11) is 0. The van der Waals surface area contributed by atoms with E-state index in [9.17, 15) is 5.11 Å². The molecule has 0 aromatic heterocycles. The van der Waals surface area contributed by atoms with E-state index in [1.807, 2.05) is 6.07 Å². The van der Waals surface area contributed by atoms with Gasteiger partial charge in [0.05, 0.1) is 0 Å². The Morgan fingerprint density at radius 2 is 2.00 bits per heavy atom. The van der Waals surface area contributed by atoms with E-state index in [2.05, 4.69) is 18.7 Å². The molecule has 1 aliphatic heterocycles. The first-order chi connectivity index (χ1) is 8.56. The molecule has 0 bridgehead atoms. The van der Waals surface area contributed by atoms with Gasteiger partial charge in [0.2, 0.25) is 0 Å². The van der Waals surface area contributed by atoms with Gasteiger partial charge in [0.1, 0.15) is 5.75 Å². The summed E-state index contributed by atoms with van der Waals surface area (Å²) in [4.78, 5) is 2.41. The number of nitrogen functional groups attached to an aromatic ring is 1. The number of nitrogens with two attached hydrogens (primary N) is 1. The van der Waals surface area contributed by atoms with Crippen molar-refractivity contribution < 1.29 is 5.11 Å². The zero-order chi connectivity index (χ0) is 13.1. The minimum atomic E-state index is 0.357. The summed E-state index contributed by atoms with van der Waals surface area (Å²) in [5, 5.41) is 9.82. The molecule has 0 amide bonds. The second kappa shape index (κ2) is 5.61. The molecule has 1 saturated heterocycles. The van der Waals surface area contributed by atoms with E-state index >= 15 is 0 Å². The number of phenols is 1. The van der Waals surface area contributed by atoms with Crippen LogP contribution in [-0.4, -0.2) is 23.1 Å². The van der Waals surface area contributed by atoms with Crippen molar-refractivity contribution in [2.24, 2.45) is 11.8 Å². The van der Waals surface area contributed by atoms with Crippen LogP contribution in [0.4, 0.5) is 5.69 Å². The van der Waals surface area contributed by atoms with Gasteiger partial charge in [-0.05, 0) is 56.0 Å². The number of phenolic OH excluding ortho intramolecular Hbond substituents is 1. The second-order valence-electron chi connectivity index (χ2n) is 5.75. The highest BCUT2D eigenvalue weighted by Crippen LogP contribution is 2.27. The van der Waals surface area contributed by atoms with Crippen molar-refractivity contribution in [1.82, 2.24) is 4.90 Å². The summed E-state index contributed by atoms with van der Waals surface area (Å²) in [6.07, 6.45) is 2.53. The Kier molecular flexibility index (Phi) is 4.12. The maximum atomic E-state index is 9.82. The molecular formula is C15H24N2O. The third-order valence-electron chi connectivity index (χ3n) is 4.07. The minimum Gasteiger partial charge on any atom is -0.508 e. The van der Waals surface area contributed by atoms with Gasteiger partial charge < -0.3 is 10.8 Å². The maximum absolute atomic E-state index is 9.82. The van der Waals surface area contributed by atoms with E-state index in [1.54, 1.807) is 12.1 Å². The lowest BCUT2D eigenvalue weighted by molar-refractivity contribution is 0.151. The van der Waals surface area contributed by atoms with Gasteiger partial charge in [0.25, 0.3) is 0 Å². The number of anilines is 1. The van der Waals surface area contributed by atoms with Gasteiger partial charge in [-0.15, -0.1) is 0 Å². The van der Waals surface area contributed by atoms with Crippen LogP contribution >= 0.6 is 0 Å². The molecule has 100 valence electrons. The molecule has 1 heterocycles. The van der Waals surface area contributed by atoms with Crippen molar-refractivity contribution in [3.8, 4) is 5.75 Å². The zero-order valence-electron chi connectivity index (χ0n) is 11.4. The monoisotopic (exact) mass is 248 g/mol. The first kappa shape index (κ1) is 13.2. The number of likely N-dealkylation sites (tertiary alicyclic amines) is 1. The smallest absolute Gasteiger partial charge is 0.120 e. The molecule has 18 heavy (non-hydrogen) atoms. The highest BCUT2D eigenvalue weighted by Gasteiger charge is 2.21. The van der Waals surface area contributed by atoms with E-state index in [0.29, 0.717) is 5.75 Å². The van der Waals surface area contributed by atoms with Crippen LogP contribution in [-0.2, 0) is 6.54 Å². The number of hydrogen-bond donors (Lipinski definition) is 2. The third-order valence-corrected chi connectivity index (χ3v) is 4.07. The predicted octanol–water partition coefficient (Wildman–Crippen LogP) is 2.84. The largest absolute Gasteiger partial charge is 0.508 e. The molecule has 3 heteroatoms. The molecule has 0 atom stereocenters. The van der Waals surface area contributed by atoms with Crippen molar-refractivity contribution in [2.75, 3.05) is 18.8 Å². The van der Waals surface area contributed by atoms with Gasteiger partial charge in [0.15, 0.2) is 0 Å². The Hall–Kier alpha value is -1.22. The fraction of sp³-hybridized carbons (Fsp3) is 0.600. The van der Waals surface area contributed by atoms with Crippen LogP contribution in [0.25, 0.3) is 0 Å². The van der Waals surface area contributed by atoms with Crippen LogP contribution in [0.2, 0.25) is 0 Å². The van der Waals surface area contributed by atoms with Crippen LogP contribution in [0.5, 0.6) is 5.75 Å². The van der Waals surface area contributed by atoms with E-state index in [0.717, 1.165) is 42.7 Å². The predicted molar refractivity (Wildman–Crippen MR) is 75.4 cm³/mol. The van der Waals surface area contributed by atoms with Crippen molar-refractivity contribution in [2.45, 2.75) is 33.2 Å². The van der Waals surface area contributed by atoms with Gasteiger partial charge in [-0.25, -0.2) is 0 Å². The highest BCUT2D eigenvalue weighted by molar-refractivity contribution is 5.47. The molecule has 2 rings (SSSR count). The third kappa shape index (κ3) is 3.16. The molecule has 1 fully saturated rings. The maximum Gasteiger partial charge on any atom is 0.120 e. The lowest BCUT2D eigenvalue weighted by Crippen LogP contribution is -2.34. The Bertz CT molecular complexity index is 395. The molecular weight excluding hydrogens is 224 g/mol. The molecule has 0 unspecified atom stereocenters. The lowest BCUT2D eigenvalue weighted by atomic mass is 9.86. The van der Waals surface area contributed by atoms with Crippen molar-refractivity contribution in [1.29, 1.82) is 0 Å². The number of hydrogen-bond acceptors (Lipinski definition) is 3. The summed E-state index contributed by atoms with van der Waals surface area (Å²) in [6.45, 7) is 7.67. The number of rotatable bonds is 3. The highest BCUT2D eigenvalue weighted by atomic mass is 16.3. The Balaban J connectivity index is 1.93. The minimum absolute atomic E-state index is 0.357. The molecule has 0 radical (unpaired) electrons. The molecule has 0 saturated carbocycles. The van der Waals surface area contributed by atoms with E-state index in [1.165, 1.54) is 12.8 Å². The SMILES string of the molecule is CC(C)C1CCN(Cc2cc(N)ccc2O)CC1. The normalized spacial score (nSPS) is 18.4. The molecule has 1 aliphatic rings. The Morgan fingerprint density at radius 1 is 1.33 bits per heavy atom.